The van der Waals surface area contributed by atoms with Crippen LogP contribution in [0.5, 0.6) is 0 Å². The fourth-order valence-corrected chi connectivity index (χ4v) is 1.87. The molecule has 0 saturated heterocycles. The number of aryl methyl sites for hydroxylation is 1. The summed E-state index contributed by atoms with van der Waals surface area (Å²) < 4.78 is 0. The molecule has 1 aromatic carbocycles. The summed E-state index contributed by atoms with van der Waals surface area (Å²) in [5.74, 6) is -0.00888. The molecule has 0 N–H and O–H groups in total. The lowest BCUT2D eigenvalue weighted by molar-refractivity contribution is -0.112. The monoisotopic (exact) mass is 245 g/mol. The molecule has 2 rings (SSSR count). The SMILES string of the molecule is CC(=O)C=Cc1cc2cccc(C)c2nc1Cl. The van der Waals surface area contributed by atoms with Crippen molar-refractivity contribution >= 4 is 34.4 Å². The highest BCUT2D eigenvalue weighted by molar-refractivity contribution is 6.31. The molecule has 0 saturated carbocycles. The van der Waals surface area contributed by atoms with Gasteiger partial charge in [-0.25, -0.2) is 4.98 Å². The molecule has 0 amide bonds. The van der Waals surface area contributed by atoms with Gasteiger partial charge in [-0.05, 0) is 37.6 Å². The van der Waals surface area contributed by atoms with E-state index in [0.717, 1.165) is 22.0 Å². The first-order chi connectivity index (χ1) is 8.08. The number of hydrogen-bond acceptors (Lipinski definition) is 2. The first kappa shape index (κ1) is 11.8. The van der Waals surface area contributed by atoms with Gasteiger partial charge in [0.25, 0.3) is 0 Å². The van der Waals surface area contributed by atoms with Crippen molar-refractivity contribution in [2.45, 2.75) is 13.8 Å². The predicted molar refractivity (Wildman–Crippen MR) is 71.2 cm³/mol. The van der Waals surface area contributed by atoms with Crippen LogP contribution in [0.15, 0.2) is 30.3 Å². The van der Waals surface area contributed by atoms with Gasteiger partial charge in [-0.1, -0.05) is 29.8 Å². The van der Waals surface area contributed by atoms with E-state index in [0.29, 0.717) is 5.15 Å². The molecule has 0 spiro atoms. The molecule has 2 nitrogen and oxygen atoms in total. The molecule has 0 unspecified atom stereocenters. The van der Waals surface area contributed by atoms with Crippen LogP contribution in [0, 0.1) is 6.92 Å². The zero-order valence-electron chi connectivity index (χ0n) is 9.70. The summed E-state index contributed by atoms with van der Waals surface area (Å²) in [6, 6.07) is 7.90. The lowest BCUT2D eigenvalue weighted by atomic mass is 10.1. The zero-order chi connectivity index (χ0) is 12.4. The van der Waals surface area contributed by atoms with Gasteiger partial charge in [0, 0.05) is 10.9 Å². The molecule has 0 aliphatic rings. The molecule has 0 atom stereocenters. The van der Waals surface area contributed by atoms with E-state index in [-0.39, 0.29) is 5.78 Å². The molecule has 0 aliphatic carbocycles. The highest BCUT2D eigenvalue weighted by atomic mass is 35.5. The van der Waals surface area contributed by atoms with Crippen LogP contribution in [0.1, 0.15) is 18.1 Å². The number of aromatic nitrogens is 1. The number of rotatable bonds is 2. The van der Waals surface area contributed by atoms with Gasteiger partial charge in [0.05, 0.1) is 5.52 Å². The molecule has 0 aliphatic heterocycles. The Bertz CT molecular complexity index is 617. The van der Waals surface area contributed by atoms with Crippen molar-refractivity contribution in [2.24, 2.45) is 0 Å². The average molecular weight is 246 g/mol. The Balaban J connectivity index is 2.60. The molecule has 86 valence electrons. The van der Waals surface area contributed by atoms with E-state index in [1.807, 2.05) is 31.2 Å². The fourth-order valence-electron chi connectivity index (χ4n) is 1.66. The van der Waals surface area contributed by atoms with E-state index in [1.54, 1.807) is 6.08 Å². The van der Waals surface area contributed by atoms with Gasteiger partial charge in [0.2, 0.25) is 0 Å². The van der Waals surface area contributed by atoms with Crippen molar-refractivity contribution < 1.29 is 4.79 Å². The Labute approximate surface area is 105 Å². The van der Waals surface area contributed by atoms with E-state index in [2.05, 4.69) is 4.98 Å². The third kappa shape index (κ3) is 2.53. The van der Waals surface area contributed by atoms with Crippen molar-refractivity contribution in [3.05, 3.63) is 46.6 Å². The van der Waals surface area contributed by atoms with E-state index in [1.165, 1.54) is 13.0 Å². The largest absolute Gasteiger partial charge is 0.295 e. The number of halogens is 1. The van der Waals surface area contributed by atoms with Crippen LogP contribution in [-0.2, 0) is 4.79 Å². The fraction of sp³-hybridized carbons (Fsp3) is 0.143. The lowest BCUT2D eigenvalue weighted by Gasteiger charge is -2.04. The van der Waals surface area contributed by atoms with E-state index in [9.17, 15) is 4.79 Å². The second kappa shape index (κ2) is 4.68. The summed E-state index contributed by atoms with van der Waals surface area (Å²) >= 11 is 6.08. The van der Waals surface area contributed by atoms with Crippen LogP contribution >= 0.6 is 11.6 Å². The highest BCUT2D eigenvalue weighted by Gasteiger charge is 2.04. The summed E-state index contributed by atoms with van der Waals surface area (Å²) in [6.07, 6.45) is 3.18. The molecular weight excluding hydrogens is 234 g/mol. The van der Waals surface area contributed by atoms with Gasteiger partial charge in [0.15, 0.2) is 5.78 Å². The number of fused-ring (bicyclic) bond motifs is 1. The summed E-state index contributed by atoms with van der Waals surface area (Å²) in [6.45, 7) is 3.50. The van der Waals surface area contributed by atoms with Crippen LogP contribution in [0.3, 0.4) is 0 Å². The first-order valence-corrected chi connectivity index (χ1v) is 5.70. The van der Waals surface area contributed by atoms with Gasteiger partial charge in [-0.15, -0.1) is 0 Å². The number of carbonyl (C=O) groups is 1. The molecule has 0 fully saturated rings. The minimum atomic E-state index is -0.00888. The van der Waals surface area contributed by atoms with Gasteiger partial charge in [0.1, 0.15) is 5.15 Å². The van der Waals surface area contributed by atoms with Crippen molar-refractivity contribution in [3.8, 4) is 0 Å². The normalized spacial score (nSPS) is 11.2. The van der Waals surface area contributed by atoms with Crippen LogP contribution < -0.4 is 0 Å². The topological polar surface area (TPSA) is 30.0 Å². The van der Waals surface area contributed by atoms with E-state index in [4.69, 9.17) is 11.6 Å². The van der Waals surface area contributed by atoms with Crippen molar-refractivity contribution in [2.75, 3.05) is 0 Å². The lowest BCUT2D eigenvalue weighted by Crippen LogP contribution is -1.88. The van der Waals surface area contributed by atoms with E-state index < -0.39 is 0 Å². The summed E-state index contributed by atoms with van der Waals surface area (Å²) in [7, 11) is 0. The third-order valence-corrected chi connectivity index (χ3v) is 2.83. The molecule has 0 radical (unpaired) electrons. The molecule has 3 heteroatoms. The number of carbonyl (C=O) groups excluding carboxylic acids is 1. The summed E-state index contributed by atoms with van der Waals surface area (Å²) in [5.41, 5.74) is 2.75. The van der Waals surface area contributed by atoms with Gasteiger partial charge < -0.3 is 0 Å². The maximum atomic E-state index is 10.9. The first-order valence-electron chi connectivity index (χ1n) is 5.32. The van der Waals surface area contributed by atoms with Crippen LogP contribution in [0.2, 0.25) is 5.15 Å². The number of ketones is 1. The Morgan fingerprint density at radius 3 is 2.88 bits per heavy atom. The number of pyridine rings is 1. The van der Waals surface area contributed by atoms with Gasteiger partial charge in [-0.2, -0.15) is 0 Å². The third-order valence-electron chi connectivity index (χ3n) is 2.53. The van der Waals surface area contributed by atoms with Crippen LogP contribution in [0.4, 0.5) is 0 Å². The molecule has 1 aromatic heterocycles. The maximum absolute atomic E-state index is 10.9. The Hall–Kier alpha value is -1.67. The molecule has 2 aromatic rings. The predicted octanol–water partition coefficient (Wildman–Crippen LogP) is 3.80. The van der Waals surface area contributed by atoms with Crippen molar-refractivity contribution in [1.29, 1.82) is 0 Å². The summed E-state index contributed by atoms with van der Waals surface area (Å²) in [5, 5.41) is 1.45. The number of nitrogens with zero attached hydrogens (tertiary/aromatic N) is 1. The second-order valence-corrected chi connectivity index (χ2v) is 4.32. The minimum absolute atomic E-state index is 0.00888. The highest BCUT2D eigenvalue weighted by Crippen LogP contribution is 2.23. The Morgan fingerprint density at radius 1 is 1.41 bits per heavy atom. The Kier molecular flexibility index (Phi) is 3.25. The zero-order valence-corrected chi connectivity index (χ0v) is 10.5. The van der Waals surface area contributed by atoms with Crippen molar-refractivity contribution in [3.63, 3.8) is 0 Å². The van der Waals surface area contributed by atoms with Crippen LogP contribution in [0.25, 0.3) is 17.0 Å². The van der Waals surface area contributed by atoms with E-state index >= 15 is 0 Å². The quantitative estimate of drug-likeness (QED) is 0.595. The number of allylic oxidation sites excluding steroid dienone is 1. The number of para-hydroxylation sites is 1. The second-order valence-electron chi connectivity index (χ2n) is 3.96. The minimum Gasteiger partial charge on any atom is -0.295 e. The van der Waals surface area contributed by atoms with Gasteiger partial charge in [-0.3, -0.25) is 4.79 Å². The molecular formula is C14H12ClNO. The van der Waals surface area contributed by atoms with Crippen LogP contribution in [-0.4, -0.2) is 10.8 Å². The van der Waals surface area contributed by atoms with Crippen molar-refractivity contribution in [1.82, 2.24) is 4.98 Å². The Morgan fingerprint density at radius 2 is 2.18 bits per heavy atom. The van der Waals surface area contributed by atoms with Gasteiger partial charge >= 0.3 is 0 Å². The smallest absolute Gasteiger partial charge is 0.152 e. The molecule has 0 bridgehead atoms. The number of hydrogen-bond donors (Lipinski definition) is 0. The average Bonchev–Trinajstić information content (AvgIpc) is 2.28. The molecule has 17 heavy (non-hydrogen) atoms. The number of benzene rings is 1. The summed E-state index contributed by atoms with van der Waals surface area (Å²) in [4.78, 5) is 15.3. The standard InChI is InChI=1S/C14H12ClNO/c1-9-4-3-5-11-8-12(7-6-10(2)17)14(15)16-13(9)11/h3-8H,1-2H3. The molecule has 1 heterocycles. The maximum Gasteiger partial charge on any atom is 0.152 e.